The minimum Gasteiger partial charge on any atom is -0.295 e. The van der Waals surface area contributed by atoms with Crippen molar-refractivity contribution in [1.82, 2.24) is 0 Å². The molecule has 0 heterocycles. The van der Waals surface area contributed by atoms with Gasteiger partial charge in [0.25, 0.3) is 0 Å². The van der Waals surface area contributed by atoms with Crippen LogP contribution < -0.4 is 11.5 Å². The molecule has 0 fully saturated rings. The maximum absolute atomic E-state index is 10.8. The standard InChI is InChI=1S/C7H10N2O3S/c8-7(9,13(10,11)12)6-4-2-1-3-5-6/h1-5H,8-9H2,(H,10,11,12). The van der Waals surface area contributed by atoms with Crippen LogP contribution >= 0.6 is 0 Å². The Morgan fingerprint density at radius 3 is 2.00 bits per heavy atom. The Kier molecular flexibility index (Phi) is 2.40. The lowest BCUT2D eigenvalue weighted by molar-refractivity contribution is 0.432. The first-order valence-electron chi connectivity index (χ1n) is 3.46. The predicted molar refractivity (Wildman–Crippen MR) is 48.0 cm³/mol. The summed E-state index contributed by atoms with van der Waals surface area (Å²) >= 11 is 0. The van der Waals surface area contributed by atoms with Crippen molar-refractivity contribution in [3.8, 4) is 0 Å². The first-order chi connectivity index (χ1) is 5.86. The second-order valence-electron chi connectivity index (χ2n) is 2.63. The lowest BCUT2D eigenvalue weighted by atomic mass is 10.2. The van der Waals surface area contributed by atoms with Gasteiger partial charge in [0.1, 0.15) is 0 Å². The minimum absolute atomic E-state index is 0.137. The first kappa shape index (κ1) is 10.1. The van der Waals surface area contributed by atoms with Gasteiger partial charge in [0.15, 0.2) is 0 Å². The fourth-order valence-electron chi connectivity index (χ4n) is 0.848. The van der Waals surface area contributed by atoms with Gasteiger partial charge in [-0.05, 0) is 0 Å². The molecule has 0 aliphatic rings. The van der Waals surface area contributed by atoms with Gasteiger partial charge >= 0.3 is 10.1 Å². The molecule has 0 aliphatic heterocycles. The molecule has 0 unspecified atom stereocenters. The quantitative estimate of drug-likeness (QED) is 0.447. The van der Waals surface area contributed by atoms with Crippen LogP contribution in [0.3, 0.4) is 0 Å². The van der Waals surface area contributed by atoms with E-state index in [1.807, 2.05) is 0 Å². The topological polar surface area (TPSA) is 106 Å². The summed E-state index contributed by atoms with van der Waals surface area (Å²) in [6.45, 7) is 0. The third-order valence-corrected chi connectivity index (χ3v) is 2.74. The first-order valence-corrected chi connectivity index (χ1v) is 4.90. The summed E-state index contributed by atoms with van der Waals surface area (Å²) in [6.07, 6.45) is 0. The van der Waals surface area contributed by atoms with Gasteiger partial charge in [-0.2, -0.15) is 8.42 Å². The van der Waals surface area contributed by atoms with Gasteiger partial charge < -0.3 is 0 Å². The normalized spacial score (nSPS) is 12.8. The molecule has 0 spiro atoms. The molecule has 0 aromatic heterocycles. The summed E-state index contributed by atoms with van der Waals surface area (Å²) in [4.78, 5) is -2.24. The average Bonchev–Trinajstić information content (AvgIpc) is 2.04. The Labute approximate surface area is 76.1 Å². The fourth-order valence-corrected chi connectivity index (χ4v) is 1.28. The summed E-state index contributed by atoms with van der Waals surface area (Å²) in [5.41, 5.74) is 10.6. The molecular weight excluding hydrogens is 192 g/mol. The van der Waals surface area contributed by atoms with Crippen molar-refractivity contribution in [2.45, 2.75) is 4.99 Å². The molecule has 72 valence electrons. The summed E-state index contributed by atoms with van der Waals surface area (Å²) in [7, 11) is -4.50. The van der Waals surface area contributed by atoms with Gasteiger partial charge in [-0.3, -0.25) is 16.0 Å². The van der Waals surface area contributed by atoms with E-state index in [1.165, 1.54) is 12.1 Å². The highest BCUT2D eigenvalue weighted by molar-refractivity contribution is 7.86. The minimum atomic E-state index is -4.50. The summed E-state index contributed by atoms with van der Waals surface area (Å²) < 4.78 is 30.2. The Hall–Kier alpha value is -0.950. The molecule has 0 saturated heterocycles. The SMILES string of the molecule is NC(N)(c1ccccc1)S(=O)(=O)O. The van der Waals surface area contributed by atoms with Crippen LogP contribution in [0.1, 0.15) is 5.56 Å². The zero-order chi connectivity index (χ0) is 10.1. The Morgan fingerprint density at radius 1 is 1.15 bits per heavy atom. The van der Waals surface area contributed by atoms with Gasteiger partial charge in [0.05, 0.1) is 0 Å². The van der Waals surface area contributed by atoms with Crippen molar-refractivity contribution in [3.63, 3.8) is 0 Å². The fraction of sp³-hybridized carbons (Fsp3) is 0.143. The van der Waals surface area contributed by atoms with Crippen LogP contribution in [0.2, 0.25) is 0 Å². The van der Waals surface area contributed by atoms with E-state index < -0.39 is 15.1 Å². The highest BCUT2D eigenvalue weighted by atomic mass is 32.2. The molecule has 0 saturated carbocycles. The lowest BCUT2D eigenvalue weighted by Gasteiger charge is -2.20. The molecule has 0 radical (unpaired) electrons. The molecular formula is C7H10N2O3S. The van der Waals surface area contributed by atoms with Crippen LogP contribution in [0.4, 0.5) is 0 Å². The molecule has 5 nitrogen and oxygen atoms in total. The summed E-state index contributed by atoms with van der Waals surface area (Å²) in [5, 5.41) is 0. The monoisotopic (exact) mass is 202 g/mol. The molecule has 1 rings (SSSR count). The van der Waals surface area contributed by atoms with Crippen molar-refractivity contribution in [2.75, 3.05) is 0 Å². The number of benzene rings is 1. The van der Waals surface area contributed by atoms with Gasteiger partial charge in [-0.15, -0.1) is 0 Å². The van der Waals surface area contributed by atoms with E-state index >= 15 is 0 Å². The summed E-state index contributed by atoms with van der Waals surface area (Å²) in [5.74, 6) is 0. The molecule has 13 heavy (non-hydrogen) atoms. The second kappa shape index (κ2) is 3.08. The Bertz CT molecular complexity index is 385. The molecule has 0 bridgehead atoms. The van der Waals surface area contributed by atoms with Crippen LogP contribution in [0, 0.1) is 0 Å². The number of hydrogen-bond donors (Lipinski definition) is 3. The average molecular weight is 202 g/mol. The molecule has 6 heteroatoms. The molecule has 0 amide bonds. The smallest absolute Gasteiger partial charge is 0.295 e. The van der Waals surface area contributed by atoms with Crippen LogP contribution in [0.15, 0.2) is 30.3 Å². The van der Waals surface area contributed by atoms with Gasteiger partial charge in [-0.25, -0.2) is 0 Å². The van der Waals surface area contributed by atoms with Crippen LogP contribution in [0.5, 0.6) is 0 Å². The van der Waals surface area contributed by atoms with Crippen LogP contribution in [-0.2, 0) is 15.1 Å². The maximum atomic E-state index is 10.8. The maximum Gasteiger partial charge on any atom is 0.302 e. The van der Waals surface area contributed by atoms with E-state index in [-0.39, 0.29) is 5.56 Å². The molecule has 1 aromatic carbocycles. The highest BCUT2D eigenvalue weighted by Crippen LogP contribution is 2.16. The Morgan fingerprint density at radius 2 is 1.62 bits per heavy atom. The number of rotatable bonds is 2. The third kappa shape index (κ3) is 1.86. The molecule has 0 atom stereocenters. The number of hydrogen-bond acceptors (Lipinski definition) is 4. The largest absolute Gasteiger partial charge is 0.302 e. The lowest BCUT2D eigenvalue weighted by Crippen LogP contribution is -2.52. The van der Waals surface area contributed by atoms with Crippen molar-refractivity contribution >= 4 is 10.1 Å². The highest BCUT2D eigenvalue weighted by Gasteiger charge is 2.36. The predicted octanol–water partition coefficient (Wildman–Crippen LogP) is -0.398. The second-order valence-corrected chi connectivity index (χ2v) is 4.26. The van der Waals surface area contributed by atoms with Gasteiger partial charge in [-0.1, -0.05) is 30.3 Å². The van der Waals surface area contributed by atoms with E-state index in [2.05, 4.69) is 0 Å². The third-order valence-electron chi connectivity index (χ3n) is 1.65. The number of nitrogens with two attached hydrogens (primary N) is 2. The Balaban J connectivity index is 3.24. The van der Waals surface area contributed by atoms with Crippen molar-refractivity contribution < 1.29 is 13.0 Å². The van der Waals surface area contributed by atoms with Crippen LogP contribution in [-0.4, -0.2) is 13.0 Å². The summed E-state index contributed by atoms with van der Waals surface area (Å²) in [6, 6.07) is 7.69. The van der Waals surface area contributed by atoms with E-state index in [9.17, 15) is 8.42 Å². The van der Waals surface area contributed by atoms with E-state index in [1.54, 1.807) is 18.2 Å². The molecule has 1 aromatic rings. The van der Waals surface area contributed by atoms with Crippen molar-refractivity contribution in [3.05, 3.63) is 35.9 Å². The van der Waals surface area contributed by atoms with Crippen molar-refractivity contribution in [2.24, 2.45) is 11.5 Å². The molecule has 0 aliphatic carbocycles. The van der Waals surface area contributed by atoms with Gasteiger partial charge in [0, 0.05) is 5.56 Å². The van der Waals surface area contributed by atoms with Gasteiger partial charge in [0.2, 0.25) is 4.99 Å². The van der Waals surface area contributed by atoms with E-state index in [4.69, 9.17) is 16.0 Å². The van der Waals surface area contributed by atoms with E-state index in [0.717, 1.165) is 0 Å². The van der Waals surface area contributed by atoms with Crippen molar-refractivity contribution in [1.29, 1.82) is 0 Å². The zero-order valence-electron chi connectivity index (χ0n) is 6.71. The molecule has 5 N–H and O–H groups in total. The van der Waals surface area contributed by atoms with Crippen LogP contribution in [0.25, 0.3) is 0 Å². The van der Waals surface area contributed by atoms with E-state index in [0.29, 0.717) is 0 Å². The zero-order valence-corrected chi connectivity index (χ0v) is 7.53.